The van der Waals surface area contributed by atoms with E-state index < -0.39 is 0 Å². The number of hydrogen-bond donors (Lipinski definition) is 3. The third kappa shape index (κ3) is 7.47. The molecule has 4 aliphatic rings. The van der Waals surface area contributed by atoms with E-state index in [1.54, 1.807) is 0 Å². The van der Waals surface area contributed by atoms with E-state index in [1.165, 1.54) is 50.6 Å². The van der Waals surface area contributed by atoms with Crippen LogP contribution in [0.3, 0.4) is 0 Å². The molecule has 0 aromatic rings. The molecular weight excluding hydrogens is 450 g/mol. The Bertz CT molecular complexity index is 749. The molecule has 0 radical (unpaired) electrons. The fourth-order valence-electron chi connectivity index (χ4n) is 7.10. The summed E-state index contributed by atoms with van der Waals surface area (Å²) in [5, 5.41) is 8.84. The van der Waals surface area contributed by atoms with E-state index in [4.69, 9.17) is 0 Å². The average molecular weight is 503 g/mol. The summed E-state index contributed by atoms with van der Waals surface area (Å²) in [5.41, 5.74) is 1.33. The van der Waals surface area contributed by atoms with Crippen LogP contribution in [0.5, 0.6) is 0 Å². The minimum absolute atomic E-state index is 0.0160. The van der Waals surface area contributed by atoms with Gasteiger partial charge in [-0.3, -0.25) is 9.69 Å². The molecule has 2 heterocycles. The maximum absolute atomic E-state index is 13.3. The number of amides is 3. The van der Waals surface area contributed by atoms with Crippen LogP contribution >= 0.6 is 0 Å². The van der Waals surface area contributed by atoms with Crippen LogP contribution in [0.15, 0.2) is 11.6 Å². The lowest BCUT2D eigenvalue weighted by Gasteiger charge is -2.40. The first-order chi connectivity index (χ1) is 17.4. The molecule has 36 heavy (non-hydrogen) atoms. The number of quaternary nitrogens is 1. The minimum atomic E-state index is -0.0160. The standard InChI is InChI=1S/C29H51N5O2/c1-21(2)26-18-23(19-28(35)34-15-13-33(14-16-34)27-11-7-8-12-30-27)22(3)17-24(26)20-31-29(36)32-25-9-5-4-6-10-25/h17,21,23-27,30H,4-16,18-20H2,1-3H3,(H2,31,32,36)/p+1. The molecule has 0 spiro atoms. The maximum atomic E-state index is 13.3. The lowest BCUT2D eigenvalue weighted by atomic mass is 9.69. The van der Waals surface area contributed by atoms with Crippen LogP contribution in [0.1, 0.15) is 85.0 Å². The van der Waals surface area contributed by atoms with Crippen LogP contribution in [0.2, 0.25) is 0 Å². The topological polar surface area (TPSA) is 81.3 Å². The monoisotopic (exact) mass is 502 g/mol. The molecule has 2 saturated heterocycles. The van der Waals surface area contributed by atoms with Crippen molar-refractivity contribution in [2.24, 2.45) is 23.7 Å². The molecule has 2 aliphatic heterocycles. The zero-order valence-electron chi connectivity index (χ0n) is 23.1. The van der Waals surface area contributed by atoms with E-state index in [2.05, 4.69) is 52.6 Å². The highest BCUT2D eigenvalue weighted by Gasteiger charge is 2.35. The first-order valence-electron chi connectivity index (χ1n) is 15.0. The second kappa shape index (κ2) is 13.3. The molecule has 7 nitrogen and oxygen atoms in total. The molecule has 4 atom stereocenters. The quantitative estimate of drug-likeness (QED) is 0.468. The second-order valence-electron chi connectivity index (χ2n) is 12.3. The lowest BCUT2D eigenvalue weighted by molar-refractivity contribution is -0.717. The minimum Gasteiger partial charge on any atom is -0.340 e. The van der Waals surface area contributed by atoms with Crippen molar-refractivity contribution < 1.29 is 14.9 Å². The van der Waals surface area contributed by atoms with Crippen molar-refractivity contribution in [3.05, 3.63) is 11.6 Å². The van der Waals surface area contributed by atoms with Gasteiger partial charge >= 0.3 is 6.03 Å². The number of nitrogens with one attached hydrogen (secondary N) is 2. The molecule has 0 aromatic heterocycles. The fraction of sp³-hybridized carbons (Fsp3) is 0.862. The van der Waals surface area contributed by atoms with Gasteiger partial charge in [-0.25, -0.2) is 4.79 Å². The SMILES string of the molecule is CC1=CC(CNC(=O)NC2CCCCC2)C(C(C)C)CC1CC(=O)N1CCN(C2CCCC[NH2+]2)CC1. The number of rotatable bonds is 7. The first kappa shape index (κ1) is 27.4. The summed E-state index contributed by atoms with van der Waals surface area (Å²) in [6.45, 7) is 12.5. The van der Waals surface area contributed by atoms with Gasteiger partial charge in [-0.2, -0.15) is 0 Å². The molecule has 7 heteroatoms. The van der Waals surface area contributed by atoms with E-state index in [9.17, 15) is 9.59 Å². The van der Waals surface area contributed by atoms with Crippen molar-refractivity contribution in [1.82, 2.24) is 20.4 Å². The Hall–Kier alpha value is -1.60. The Morgan fingerprint density at radius 2 is 1.75 bits per heavy atom. The second-order valence-corrected chi connectivity index (χ2v) is 12.3. The zero-order valence-corrected chi connectivity index (χ0v) is 23.1. The van der Waals surface area contributed by atoms with Crippen LogP contribution < -0.4 is 16.0 Å². The van der Waals surface area contributed by atoms with Crippen LogP contribution in [-0.4, -0.2) is 73.2 Å². The van der Waals surface area contributed by atoms with E-state index in [0.29, 0.717) is 54.8 Å². The number of carbonyl (C=O) groups is 2. The predicted molar refractivity (Wildman–Crippen MR) is 144 cm³/mol. The van der Waals surface area contributed by atoms with E-state index in [1.807, 2.05) is 0 Å². The summed E-state index contributed by atoms with van der Waals surface area (Å²) in [4.78, 5) is 30.5. The summed E-state index contributed by atoms with van der Waals surface area (Å²) >= 11 is 0. The van der Waals surface area contributed by atoms with Gasteiger partial charge in [0.1, 0.15) is 6.17 Å². The van der Waals surface area contributed by atoms with Crippen LogP contribution in [0.25, 0.3) is 0 Å². The van der Waals surface area contributed by atoms with E-state index in [0.717, 1.165) is 45.4 Å². The summed E-state index contributed by atoms with van der Waals surface area (Å²) in [7, 11) is 0. The zero-order chi connectivity index (χ0) is 25.5. The molecule has 0 aromatic carbocycles. The number of urea groups is 1. The van der Waals surface area contributed by atoms with Gasteiger partial charge < -0.3 is 20.9 Å². The smallest absolute Gasteiger partial charge is 0.315 e. The lowest BCUT2D eigenvalue weighted by Crippen LogP contribution is -2.95. The van der Waals surface area contributed by atoms with Crippen molar-refractivity contribution in [1.29, 1.82) is 0 Å². The molecular formula is C29H52N5O2+. The highest BCUT2D eigenvalue weighted by Crippen LogP contribution is 2.39. The van der Waals surface area contributed by atoms with Crippen molar-refractivity contribution in [3.63, 3.8) is 0 Å². The number of nitrogens with zero attached hydrogens (tertiary/aromatic N) is 2. The highest BCUT2D eigenvalue weighted by molar-refractivity contribution is 5.77. The van der Waals surface area contributed by atoms with Gasteiger partial charge in [0.05, 0.1) is 6.54 Å². The van der Waals surface area contributed by atoms with Crippen molar-refractivity contribution in [2.75, 3.05) is 39.3 Å². The Kier molecular flexibility index (Phi) is 10.1. The van der Waals surface area contributed by atoms with Gasteiger partial charge in [0.15, 0.2) is 0 Å². The van der Waals surface area contributed by atoms with Gasteiger partial charge in [-0.1, -0.05) is 44.8 Å². The average Bonchev–Trinajstić information content (AvgIpc) is 2.89. The van der Waals surface area contributed by atoms with Crippen LogP contribution in [-0.2, 0) is 4.79 Å². The normalized spacial score (nSPS) is 30.7. The number of piperazine rings is 1. The predicted octanol–water partition coefficient (Wildman–Crippen LogP) is 3.08. The van der Waals surface area contributed by atoms with Crippen LogP contribution in [0, 0.1) is 23.7 Å². The number of piperidine rings is 1. The largest absolute Gasteiger partial charge is 0.340 e. The summed E-state index contributed by atoms with van der Waals surface area (Å²) < 4.78 is 0. The fourth-order valence-corrected chi connectivity index (χ4v) is 7.10. The molecule has 4 unspecified atom stereocenters. The number of carbonyl (C=O) groups excluding carboxylic acids is 2. The molecule has 0 bridgehead atoms. The molecule has 204 valence electrons. The highest BCUT2D eigenvalue weighted by atomic mass is 16.2. The van der Waals surface area contributed by atoms with Gasteiger partial charge in [0.2, 0.25) is 5.91 Å². The Labute approximate surface area is 219 Å². The molecule has 3 fully saturated rings. The molecule has 4 N–H and O–H groups in total. The molecule has 2 aliphatic carbocycles. The molecule has 1 saturated carbocycles. The first-order valence-corrected chi connectivity index (χ1v) is 15.0. The Morgan fingerprint density at radius 3 is 2.42 bits per heavy atom. The van der Waals surface area contributed by atoms with Gasteiger partial charge in [-0.15, -0.1) is 0 Å². The van der Waals surface area contributed by atoms with Crippen molar-refractivity contribution >= 4 is 11.9 Å². The number of allylic oxidation sites excluding steroid dienone is 1. The summed E-state index contributed by atoms with van der Waals surface area (Å²) in [6, 6.07) is 0.319. The van der Waals surface area contributed by atoms with Gasteiger partial charge in [0.25, 0.3) is 0 Å². The number of nitrogens with two attached hydrogens (primary N) is 1. The van der Waals surface area contributed by atoms with E-state index in [-0.39, 0.29) is 6.03 Å². The molecule has 4 rings (SSSR count). The third-order valence-electron chi connectivity index (χ3n) is 9.47. The van der Waals surface area contributed by atoms with Crippen molar-refractivity contribution in [3.8, 4) is 0 Å². The van der Waals surface area contributed by atoms with Gasteiger partial charge in [-0.05, 0) is 62.7 Å². The van der Waals surface area contributed by atoms with Crippen molar-refractivity contribution in [2.45, 2.75) is 97.2 Å². The third-order valence-corrected chi connectivity index (χ3v) is 9.47. The summed E-state index contributed by atoms with van der Waals surface area (Å²) in [5.74, 6) is 1.99. The number of hydrogen-bond acceptors (Lipinski definition) is 3. The Balaban J connectivity index is 1.25. The van der Waals surface area contributed by atoms with Crippen LogP contribution in [0.4, 0.5) is 4.79 Å². The Morgan fingerprint density at radius 1 is 1.03 bits per heavy atom. The molecule has 3 amide bonds. The van der Waals surface area contributed by atoms with Gasteiger partial charge in [0, 0.05) is 51.6 Å². The maximum Gasteiger partial charge on any atom is 0.315 e. The van der Waals surface area contributed by atoms with E-state index >= 15 is 0 Å². The summed E-state index contributed by atoms with van der Waals surface area (Å²) in [6.07, 6.45) is 14.6.